The molecule has 0 saturated heterocycles. The summed E-state index contributed by atoms with van der Waals surface area (Å²) < 4.78 is 11.0. The molecule has 4 heteroatoms. The van der Waals surface area contributed by atoms with E-state index < -0.39 is 5.60 Å². The number of esters is 1. The number of rotatable bonds is 2. The summed E-state index contributed by atoms with van der Waals surface area (Å²) in [6.07, 6.45) is 10.7. The van der Waals surface area contributed by atoms with E-state index >= 15 is 0 Å². The maximum absolute atomic E-state index is 11.4. The van der Waals surface area contributed by atoms with Crippen molar-refractivity contribution in [3.05, 3.63) is 23.7 Å². The topological polar surface area (TPSA) is 59.7 Å². The van der Waals surface area contributed by atoms with Crippen LogP contribution in [0.5, 0.6) is 0 Å². The lowest BCUT2D eigenvalue weighted by atomic mass is 9.45. The van der Waals surface area contributed by atoms with Gasteiger partial charge in [-0.25, -0.2) is 0 Å². The summed E-state index contributed by atoms with van der Waals surface area (Å²) in [6.45, 7) is 4.11. The highest BCUT2D eigenvalue weighted by Gasteiger charge is 2.66. The average molecular weight is 358 g/mol. The van der Waals surface area contributed by atoms with Crippen molar-refractivity contribution in [1.29, 1.82) is 0 Å². The van der Waals surface area contributed by atoms with Gasteiger partial charge in [0.15, 0.2) is 0 Å². The Labute approximate surface area is 155 Å². The van der Waals surface area contributed by atoms with Gasteiger partial charge in [-0.3, -0.25) is 4.79 Å². The molecule has 4 aliphatic rings. The molecule has 1 aromatic rings. The van der Waals surface area contributed by atoms with Crippen molar-refractivity contribution >= 4 is 5.97 Å². The smallest absolute Gasteiger partial charge is 0.302 e. The van der Waals surface area contributed by atoms with E-state index in [1.54, 1.807) is 0 Å². The number of aryl methyl sites for hydroxylation is 1. The Morgan fingerprint density at radius 2 is 2.19 bits per heavy atom. The second-order valence-corrected chi connectivity index (χ2v) is 9.85. The van der Waals surface area contributed by atoms with Crippen LogP contribution in [0.4, 0.5) is 0 Å². The fraction of sp³-hybridized carbons (Fsp3) is 0.773. The lowest BCUT2D eigenvalue weighted by molar-refractivity contribution is -0.151. The fourth-order valence-electron chi connectivity index (χ4n) is 7.72. The van der Waals surface area contributed by atoms with Crippen molar-refractivity contribution in [2.75, 3.05) is 6.61 Å². The molecule has 3 fully saturated rings. The molecule has 1 spiro atoms. The van der Waals surface area contributed by atoms with Crippen LogP contribution < -0.4 is 0 Å². The molecule has 6 atom stereocenters. The van der Waals surface area contributed by atoms with E-state index in [1.807, 2.05) is 6.26 Å². The first-order chi connectivity index (χ1) is 12.4. The van der Waals surface area contributed by atoms with Crippen LogP contribution in [0.3, 0.4) is 0 Å². The van der Waals surface area contributed by atoms with Gasteiger partial charge in [0.25, 0.3) is 0 Å². The van der Waals surface area contributed by atoms with E-state index in [0.717, 1.165) is 25.7 Å². The summed E-state index contributed by atoms with van der Waals surface area (Å²) in [7, 11) is 0. The number of ether oxygens (including phenoxy) is 1. The minimum absolute atomic E-state index is 0.174. The number of carbonyl (C=O) groups excluding carboxylic acids is 1. The Hall–Kier alpha value is -1.29. The summed E-state index contributed by atoms with van der Waals surface area (Å²) in [5.41, 5.74) is 1.15. The van der Waals surface area contributed by atoms with Crippen LogP contribution in [0.2, 0.25) is 0 Å². The average Bonchev–Trinajstić information content (AvgIpc) is 3.14. The van der Waals surface area contributed by atoms with Gasteiger partial charge in [0, 0.05) is 13.3 Å². The quantitative estimate of drug-likeness (QED) is 0.805. The van der Waals surface area contributed by atoms with Crippen molar-refractivity contribution < 1.29 is 19.1 Å². The van der Waals surface area contributed by atoms with Gasteiger partial charge in [-0.05, 0) is 85.2 Å². The van der Waals surface area contributed by atoms with Crippen LogP contribution in [-0.2, 0) is 16.0 Å². The zero-order valence-corrected chi connectivity index (χ0v) is 15.9. The maximum atomic E-state index is 11.4. The van der Waals surface area contributed by atoms with Gasteiger partial charge in [0.1, 0.15) is 18.0 Å². The van der Waals surface area contributed by atoms with E-state index in [1.165, 1.54) is 43.9 Å². The van der Waals surface area contributed by atoms with E-state index in [0.29, 0.717) is 17.3 Å². The molecule has 142 valence electrons. The second kappa shape index (κ2) is 5.37. The van der Waals surface area contributed by atoms with Crippen molar-refractivity contribution in [2.24, 2.45) is 22.7 Å². The Morgan fingerprint density at radius 1 is 1.35 bits per heavy atom. The number of fused-ring (bicyclic) bond motifs is 5. The first-order valence-corrected chi connectivity index (χ1v) is 10.3. The fourth-order valence-corrected chi connectivity index (χ4v) is 7.72. The Balaban J connectivity index is 1.47. The molecule has 0 aromatic carbocycles. The highest BCUT2D eigenvalue weighted by atomic mass is 16.5. The highest BCUT2D eigenvalue weighted by Crippen LogP contribution is 2.72. The van der Waals surface area contributed by atoms with Crippen molar-refractivity contribution in [2.45, 2.75) is 76.7 Å². The summed E-state index contributed by atoms with van der Waals surface area (Å²) >= 11 is 0. The molecule has 2 bridgehead atoms. The molecule has 1 heterocycles. The van der Waals surface area contributed by atoms with E-state index in [2.05, 4.69) is 13.0 Å². The molecular weight excluding hydrogens is 328 g/mol. The van der Waals surface area contributed by atoms with Crippen molar-refractivity contribution in [3.63, 3.8) is 0 Å². The van der Waals surface area contributed by atoms with Gasteiger partial charge in [0.05, 0.1) is 6.26 Å². The van der Waals surface area contributed by atoms with Crippen molar-refractivity contribution in [3.8, 4) is 0 Å². The van der Waals surface area contributed by atoms with Gasteiger partial charge in [-0.2, -0.15) is 0 Å². The highest BCUT2D eigenvalue weighted by molar-refractivity contribution is 5.66. The number of furan rings is 1. The third kappa shape index (κ3) is 2.14. The lowest BCUT2D eigenvalue weighted by Crippen LogP contribution is -2.51. The predicted octanol–water partition coefficient (Wildman–Crippen LogP) is 4.21. The molecule has 3 saturated carbocycles. The molecule has 1 unspecified atom stereocenters. The number of aliphatic hydroxyl groups is 1. The Bertz CT molecular complexity index is 738. The summed E-state index contributed by atoms with van der Waals surface area (Å²) in [4.78, 5) is 11.3. The summed E-state index contributed by atoms with van der Waals surface area (Å²) in [5, 5.41) is 11.4. The normalized spacial score (nSPS) is 46.2. The largest absolute Gasteiger partial charge is 0.469 e. The van der Waals surface area contributed by atoms with Gasteiger partial charge in [-0.1, -0.05) is 6.92 Å². The predicted molar refractivity (Wildman–Crippen MR) is 96.6 cm³/mol. The second-order valence-electron chi connectivity index (χ2n) is 9.85. The molecular formula is C22H30O4. The van der Waals surface area contributed by atoms with Crippen LogP contribution in [0.15, 0.2) is 16.7 Å². The van der Waals surface area contributed by atoms with Crippen LogP contribution >= 0.6 is 0 Å². The third-order valence-corrected chi connectivity index (χ3v) is 8.71. The first kappa shape index (κ1) is 16.9. The van der Waals surface area contributed by atoms with Crippen LogP contribution in [0.25, 0.3) is 0 Å². The summed E-state index contributed by atoms with van der Waals surface area (Å²) in [5.74, 6) is 2.45. The molecule has 1 aromatic heterocycles. The third-order valence-electron chi connectivity index (χ3n) is 8.71. The van der Waals surface area contributed by atoms with Gasteiger partial charge < -0.3 is 14.3 Å². The van der Waals surface area contributed by atoms with Gasteiger partial charge >= 0.3 is 5.97 Å². The first-order valence-electron chi connectivity index (χ1n) is 10.3. The van der Waals surface area contributed by atoms with Crippen LogP contribution in [0.1, 0.15) is 76.0 Å². The zero-order valence-electron chi connectivity index (χ0n) is 15.9. The molecule has 0 amide bonds. The molecule has 0 radical (unpaired) electrons. The molecule has 4 aliphatic carbocycles. The summed E-state index contributed by atoms with van der Waals surface area (Å²) in [6, 6.07) is 2.20. The molecule has 0 aliphatic heterocycles. The lowest BCUT2D eigenvalue weighted by Gasteiger charge is -2.59. The maximum Gasteiger partial charge on any atom is 0.302 e. The molecule has 5 rings (SSSR count). The number of carbonyl (C=O) groups is 1. The molecule has 4 nitrogen and oxygen atoms in total. The van der Waals surface area contributed by atoms with Crippen LogP contribution in [0, 0.1) is 22.7 Å². The minimum Gasteiger partial charge on any atom is -0.469 e. The Morgan fingerprint density at radius 3 is 3.00 bits per heavy atom. The number of hydrogen-bond acceptors (Lipinski definition) is 4. The van der Waals surface area contributed by atoms with Crippen molar-refractivity contribution in [1.82, 2.24) is 0 Å². The standard InChI is InChI=1S/C22H30O4/c1-14(23)26-13-22(24)12-21-9-5-17-16-7-10-25-18(16)6-8-20(17,2)19(21)4-3-15(22)11-21/h7,10,15,17,19,24H,3-6,8-9,11-13H2,1-2H3/t15-,17-,19+,20-,21?,22+/m1/s1. The zero-order chi connectivity index (χ0) is 18.2. The van der Waals surface area contributed by atoms with Gasteiger partial charge in [-0.15, -0.1) is 0 Å². The minimum atomic E-state index is -0.820. The SMILES string of the molecule is CC(=O)OC[C@@]1(O)CC23CC[C@@H]4c5ccoc5CC[C@@]4(C)[C@@H]2CC[C@@H]1C3. The monoisotopic (exact) mass is 358 g/mol. The van der Waals surface area contributed by atoms with Crippen LogP contribution in [-0.4, -0.2) is 23.3 Å². The molecule has 26 heavy (non-hydrogen) atoms. The van der Waals surface area contributed by atoms with E-state index in [-0.39, 0.29) is 23.9 Å². The van der Waals surface area contributed by atoms with E-state index in [4.69, 9.17) is 9.15 Å². The van der Waals surface area contributed by atoms with E-state index in [9.17, 15) is 9.90 Å². The Kier molecular flexibility index (Phi) is 3.48. The number of hydrogen-bond donors (Lipinski definition) is 1. The molecule has 1 N–H and O–H groups in total. The van der Waals surface area contributed by atoms with Gasteiger partial charge in [0.2, 0.25) is 0 Å².